The largest absolute Gasteiger partial charge is 0.496 e. The molecule has 390 valence electrons. The number of fused-ring (bicyclic) bond motifs is 2. The first-order valence-corrected chi connectivity index (χ1v) is 24.4. The fraction of sp³-hybridized carbons (Fsp3) is 0.500. The molecule has 2 saturated carbocycles. The van der Waals surface area contributed by atoms with Crippen LogP contribution in [-0.2, 0) is 28.6 Å². The van der Waals surface area contributed by atoms with Gasteiger partial charge in [-0.05, 0) is 105 Å². The fourth-order valence-corrected chi connectivity index (χ4v) is 10.1. The number of benzene rings is 2. The van der Waals surface area contributed by atoms with Gasteiger partial charge >= 0.3 is 24.1 Å². The molecule has 3 amide bonds. The van der Waals surface area contributed by atoms with Crippen molar-refractivity contribution in [1.29, 1.82) is 0 Å². The molecular formula is C54H66N6O13. The number of esters is 1. The number of rotatable bonds is 12. The molecule has 5 heterocycles. The number of amides is 3. The number of hydrogen-bond acceptors (Lipinski definition) is 15. The van der Waals surface area contributed by atoms with Crippen molar-refractivity contribution in [1.82, 2.24) is 30.4 Å². The molecule has 5 aliphatic rings. The van der Waals surface area contributed by atoms with Crippen molar-refractivity contribution >= 4 is 51.8 Å². The molecule has 5 fully saturated rings. The minimum atomic E-state index is -1.41. The van der Waals surface area contributed by atoms with E-state index in [9.17, 15) is 29.1 Å². The van der Waals surface area contributed by atoms with Crippen molar-refractivity contribution < 1.29 is 62.2 Å². The number of methoxy groups -OCH3 is 2. The molecule has 3 saturated heterocycles. The summed E-state index contributed by atoms with van der Waals surface area (Å²) in [7, 11) is 3.22. The highest BCUT2D eigenvalue weighted by atomic mass is 16.6. The number of carbonyl (C=O) groups is 5. The van der Waals surface area contributed by atoms with Crippen LogP contribution in [0, 0.1) is 25.7 Å². The van der Waals surface area contributed by atoms with E-state index in [4.69, 9.17) is 33.2 Å². The van der Waals surface area contributed by atoms with Crippen molar-refractivity contribution in [3.63, 3.8) is 0 Å². The summed E-state index contributed by atoms with van der Waals surface area (Å²) in [6, 6.07) is 9.66. The monoisotopic (exact) mass is 1010 g/mol. The molecule has 3 N–H and O–H groups in total. The van der Waals surface area contributed by atoms with Gasteiger partial charge in [-0.25, -0.2) is 19.2 Å². The Labute approximate surface area is 424 Å². The van der Waals surface area contributed by atoms with Gasteiger partial charge in [0, 0.05) is 59.0 Å². The lowest BCUT2D eigenvalue weighted by molar-refractivity contribution is -0.145. The first kappa shape index (κ1) is 52.2. The zero-order chi connectivity index (χ0) is 52.9. The maximum absolute atomic E-state index is 13.3. The molecule has 1 unspecified atom stereocenters. The number of nitrogens with one attached hydrogen (secondary N) is 2. The second-order valence-corrected chi connectivity index (χ2v) is 21.3. The molecule has 73 heavy (non-hydrogen) atoms. The van der Waals surface area contributed by atoms with E-state index in [1.54, 1.807) is 64.4 Å². The highest BCUT2D eigenvalue weighted by Crippen LogP contribution is 2.50. The molecule has 0 radical (unpaired) electrons. The van der Waals surface area contributed by atoms with Gasteiger partial charge in [0.05, 0.1) is 44.4 Å². The van der Waals surface area contributed by atoms with Crippen LogP contribution >= 0.6 is 0 Å². The smallest absolute Gasteiger partial charge is 0.411 e. The van der Waals surface area contributed by atoms with E-state index >= 15 is 0 Å². The minimum Gasteiger partial charge on any atom is -0.496 e. The summed E-state index contributed by atoms with van der Waals surface area (Å²) in [5, 5.41) is 17.4. The number of aromatic nitrogens is 2. The standard InChI is InChI=1S/C27H33N3O7.C27H33N3O6/c1-7-16-13-27(16,24(32)33)29-23(31)19-12-17(14-30(19)25(34)37-26(3,4)5)36-21-10-11-28-22-15(2)20(35-6)9-8-18(21)22;1-7-16-13-27(16)24(31)35-23(29-27)19-12-17(14-30(19)25(32)36-26(3,4)5)34-21-10-11-28-22-15(2)20(33-6)9-8-18(21)22/h7-11,16-17,19H,1,12-14H2,2-6H3,(H,29,31)(H,32,33);7-11,16-17,19,23,29H,1,12-14H2,2-6H3/t16-,17-,19+,27-;16-,17-,19+,23?,27-/m11/s1. The molecule has 19 heteroatoms. The van der Waals surface area contributed by atoms with Crippen molar-refractivity contribution in [2.45, 2.75) is 134 Å². The summed E-state index contributed by atoms with van der Waals surface area (Å²) in [6.07, 6.45) is 5.52. The highest BCUT2D eigenvalue weighted by Gasteiger charge is 2.67. The Morgan fingerprint density at radius 3 is 1.73 bits per heavy atom. The maximum Gasteiger partial charge on any atom is 0.411 e. The van der Waals surface area contributed by atoms with Crippen molar-refractivity contribution in [2.24, 2.45) is 11.8 Å². The number of carboxylic acid groups (broad SMARTS) is 1. The molecular weight excluding hydrogens is 941 g/mol. The first-order valence-electron chi connectivity index (χ1n) is 24.4. The van der Waals surface area contributed by atoms with E-state index in [0.717, 1.165) is 38.7 Å². The number of carbonyl (C=O) groups excluding carboxylic acids is 4. The number of aryl methyl sites for hydroxylation is 2. The van der Waals surface area contributed by atoms with E-state index in [1.165, 1.54) is 11.0 Å². The van der Waals surface area contributed by atoms with Crippen LogP contribution in [0.25, 0.3) is 21.8 Å². The minimum absolute atomic E-state index is 0.0295. The number of nitrogens with zero attached hydrogens (tertiary/aromatic N) is 4. The molecule has 0 bridgehead atoms. The van der Waals surface area contributed by atoms with Gasteiger partial charge in [0.1, 0.15) is 63.5 Å². The second-order valence-electron chi connectivity index (χ2n) is 21.3. The third-order valence-corrected chi connectivity index (χ3v) is 14.0. The second kappa shape index (κ2) is 19.7. The van der Waals surface area contributed by atoms with Crippen molar-refractivity contribution in [3.8, 4) is 23.0 Å². The lowest BCUT2D eigenvalue weighted by atomic mass is 10.1. The lowest BCUT2D eigenvalue weighted by Gasteiger charge is -2.30. The van der Waals surface area contributed by atoms with E-state index in [1.807, 2.05) is 65.0 Å². The molecule has 3 aliphatic heterocycles. The van der Waals surface area contributed by atoms with Crippen LogP contribution in [0.15, 0.2) is 74.1 Å². The first-order chi connectivity index (χ1) is 34.5. The molecule has 2 aromatic heterocycles. The lowest BCUT2D eigenvalue weighted by Crippen LogP contribution is -2.53. The Morgan fingerprint density at radius 2 is 1.26 bits per heavy atom. The Hall–Kier alpha value is -7.15. The number of pyridine rings is 2. The van der Waals surface area contributed by atoms with E-state index in [0.29, 0.717) is 36.6 Å². The summed E-state index contributed by atoms with van der Waals surface area (Å²) < 4.78 is 40.5. The van der Waals surface area contributed by atoms with Gasteiger partial charge in [0.2, 0.25) is 5.91 Å². The zero-order valence-corrected chi connectivity index (χ0v) is 43.1. The van der Waals surface area contributed by atoms with Crippen LogP contribution in [0.5, 0.6) is 23.0 Å². The van der Waals surface area contributed by atoms with Gasteiger partial charge in [0.15, 0.2) is 6.23 Å². The summed E-state index contributed by atoms with van der Waals surface area (Å²) in [5.74, 6) is 0.349. The predicted octanol–water partition coefficient (Wildman–Crippen LogP) is 7.18. The zero-order valence-electron chi connectivity index (χ0n) is 43.1. The van der Waals surface area contributed by atoms with Crippen LogP contribution in [0.1, 0.15) is 78.4 Å². The molecule has 4 aromatic rings. The van der Waals surface area contributed by atoms with E-state index < -0.39 is 70.8 Å². The van der Waals surface area contributed by atoms with Crippen LogP contribution < -0.4 is 29.6 Å². The van der Waals surface area contributed by atoms with Crippen LogP contribution in [0.3, 0.4) is 0 Å². The predicted molar refractivity (Wildman–Crippen MR) is 268 cm³/mol. The normalized spacial score (nSPS) is 27.1. The van der Waals surface area contributed by atoms with E-state index in [2.05, 4.69) is 33.8 Å². The third kappa shape index (κ3) is 10.4. The summed E-state index contributed by atoms with van der Waals surface area (Å²) in [6.45, 7) is 22.4. The Kier molecular flexibility index (Phi) is 14.1. The van der Waals surface area contributed by atoms with Gasteiger partial charge in [-0.2, -0.15) is 0 Å². The summed E-state index contributed by atoms with van der Waals surface area (Å²) in [4.78, 5) is 76.0. The molecule has 2 aromatic carbocycles. The van der Waals surface area contributed by atoms with Gasteiger partial charge in [-0.3, -0.25) is 29.9 Å². The van der Waals surface area contributed by atoms with Gasteiger partial charge in [-0.15, -0.1) is 13.2 Å². The molecule has 9 rings (SSSR count). The third-order valence-electron chi connectivity index (χ3n) is 14.0. The van der Waals surface area contributed by atoms with E-state index in [-0.39, 0.29) is 43.3 Å². The molecule has 2 aliphatic carbocycles. The average Bonchev–Trinajstić information content (AvgIpc) is 4.03. The quantitative estimate of drug-likeness (QED) is 0.0726. The summed E-state index contributed by atoms with van der Waals surface area (Å²) >= 11 is 0. The maximum atomic E-state index is 13.3. The Bertz CT molecular complexity index is 2860. The van der Waals surface area contributed by atoms with Crippen LogP contribution in [-0.4, -0.2) is 135 Å². The van der Waals surface area contributed by atoms with Gasteiger partial charge in [-0.1, -0.05) is 12.2 Å². The van der Waals surface area contributed by atoms with Crippen molar-refractivity contribution in [3.05, 3.63) is 85.2 Å². The topological polar surface area (TPSA) is 227 Å². The highest BCUT2D eigenvalue weighted by molar-refractivity contribution is 5.95. The van der Waals surface area contributed by atoms with Crippen molar-refractivity contribution in [2.75, 3.05) is 27.3 Å². The van der Waals surface area contributed by atoms with Crippen LogP contribution in [0.4, 0.5) is 9.59 Å². The number of carboxylic acids is 1. The SMILES string of the molecule is C=C[C@@H]1C[C@@]12NC([C@@H]1C[C@@H](Oc3ccnc4c(C)c(OC)ccc34)CN1C(=O)OC(C)(C)C)OC2=O.C=C[C@@H]1C[C@]1(NC(=O)[C@@H]1C[C@@H](Oc2ccnc3c(C)c(OC)ccc23)CN1C(=O)OC(C)(C)C)C(=O)O. The fourth-order valence-electron chi connectivity index (χ4n) is 10.1. The number of hydrogen-bond donors (Lipinski definition) is 3. The average molecular weight is 1010 g/mol. The molecule has 1 spiro atoms. The van der Waals surface area contributed by atoms with Gasteiger partial charge in [0.25, 0.3) is 0 Å². The number of likely N-dealkylation sites (tertiary alicyclic amines) is 2. The van der Waals surface area contributed by atoms with Gasteiger partial charge < -0.3 is 43.6 Å². The number of cyclic esters (lactones) is 1. The Balaban J connectivity index is 0.000000195. The summed E-state index contributed by atoms with van der Waals surface area (Å²) in [5.41, 5.74) is -0.272. The number of ether oxygens (including phenoxy) is 7. The van der Waals surface area contributed by atoms with Crippen LogP contribution in [0.2, 0.25) is 0 Å². The number of aliphatic carboxylic acids is 1. The molecule has 19 nitrogen and oxygen atoms in total. The molecule has 9 atom stereocenters. The Morgan fingerprint density at radius 1 is 0.753 bits per heavy atom.